The number of β-amino-alcohol motifs (C(OH)–C–C–N with tert-alkyl or cyclic N) is 1. The van der Waals surface area contributed by atoms with Gasteiger partial charge >= 0.3 is 7.12 Å². The van der Waals surface area contributed by atoms with Gasteiger partial charge in [0.05, 0.1) is 17.8 Å². The highest BCUT2D eigenvalue weighted by Crippen LogP contribution is 2.36. The molecule has 0 aromatic carbocycles. The Morgan fingerprint density at radius 1 is 1.19 bits per heavy atom. The van der Waals surface area contributed by atoms with E-state index < -0.39 is 7.12 Å². The van der Waals surface area contributed by atoms with Crippen LogP contribution in [0.1, 0.15) is 47.0 Å². The SMILES string of the molecule is CN(C[C@H]1CCCCN1CCO)c1ncc(B2OC(C)(C)C(C)(C)O2)cn1. The van der Waals surface area contributed by atoms with E-state index in [0.717, 1.165) is 31.5 Å². The predicted octanol–water partition coefficient (Wildman–Crippen LogP) is 1.06. The van der Waals surface area contributed by atoms with Crippen molar-refractivity contribution in [3.63, 3.8) is 0 Å². The monoisotopic (exact) mass is 376 g/mol. The molecule has 27 heavy (non-hydrogen) atoms. The Hall–Kier alpha value is -1.22. The summed E-state index contributed by atoms with van der Waals surface area (Å²) in [4.78, 5) is 13.5. The number of rotatable bonds is 6. The second kappa shape index (κ2) is 8.03. The van der Waals surface area contributed by atoms with Crippen LogP contribution in [0.2, 0.25) is 0 Å². The number of nitrogens with zero attached hydrogens (tertiary/aromatic N) is 4. The fourth-order valence-electron chi connectivity index (χ4n) is 3.72. The van der Waals surface area contributed by atoms with Gasteiger partial charge in [0, 0.05) is 44.0 Å². The third kappa shape index (κ3) is 4.45. The van der Waals surface area contributed by atoms with E-state index in [1.54, 1.807) is 12.4 Å². The quantitative estimate of drug-likeness (QED) is 0.745. The zero-order chi connectivity index (χ0) is 19.7. The van der Waals surface area contributed by atoms with Crippen LogP contribution in [0.15, 0.2) is 12.4 Å². The van der Waals surface area contributed by atoms with Gasteiger partial charge in [0.1, 0.15) is 0 Å². The van der Waals surface area contributed by atoms with E-state index in [1.807, 2.05) is 34.7 Å². The van der Waals surface area contributed by atoms with E-state index in [4.69, 9.17) is 9.31 Å². The van der Waals surface area contributed by atoms with Crippen molar-refractivity contribution in [2.75, 3.05) is 38.2 Å². The molecule has 1 aromatic heterocycles. The fraction of sp³-hybridized carbons (Fsp3) is 0.789. The van der Waals surface area contributed by atoms with Crippen LogP contribution >= 0.6 is 0 Å². The number of piperidine rings is 1. The van der Waals surface area contributed by atoms with Crippen molar-refractivity contribution in [3.05, 3.63) is 12.4 Å². The first-order valence-corrected chi connectivity index (χ1v) is 9.97. The Bertz CT molecular complexity index is 608. The lowest BCUT2D eigenvalue weighted by molar-refractivity contribution is 0.00578. The summed E-state index contributed by atoms with van der Waals surface area (Å²) >= 11 is 0. The Labute approximate surface area is 163 Å². The van der Waals surface area contributed by atoms with Crippen molar-refractivity contribution in [3.8, 4) is 0 Å². The maximum Gasteiger partial charge on any atom is 0.498 e. The van der Waals surface area contributed by atoms with Gasteiger partial charge in [-0.05, 0) is 47.1 Å². The lowest BCUT2D eigenvalue weighted by Crippen LogP contribution is -2.47. The summed E-state index contributed by atoms with van der Waals surface area (Å²) in [7, 11) is 1.59. The summed E-state index contributed by atoms with van der Waals surface area (Å²) in [6.45, 7) is 11.0. The minimum absolute atomic E-state index is 0.208. The number of likely N-dealkylation sites (N-methyl/N-ethyl adjacent to an activating group) is 1. The van der Waals surface area contributed by atoms with Gasteiger partial charge in [-0.3, -0.25) is 4.90 Å². The summed E-state index contributed by atoms with van der Waals surface area (Å²) < 4.78 is 12.1. The zero-order valence-corrected chi connectivity index (χ0v) is 17.3. The molecule has 0 spiro atoms. The number of anilines is 1. The first-order chi connectivity index (χ1) is 12.7. The average molecular weight is 376 g/mol. The van der Waals surface area contributed by atoms with Crippen LogP contribution in [-0.4, -0.2) is 77.6 Å². The predicted molar refractivity (Wildman–Crippen MR) is 107 cm³/mol. The van der Waals surface area contributed by atoms with Crippen molar-refractivity contribution < 1.29 is 14.4 Å². The van der Waals surface area contributed by atoms with E-state index in [2.05, 4.69) is 19.8 Å². The minimum Gasteiger partial charge on any atom is -0.399 e. The summed E-state index contributed by atoms with van der Waals surface area (Å²) in [6.07, 6.45) is 7.19. The molecule has 0 aliphatic carbocycles. The van der Waals surface area contributed by atoms with Gasteiger partial charge < -0.3 is 19.3 Å². The van der Waals surface area contributed by atoms with Crippen LogP contribution < -0.4 is 10.4 Å². The molecule has 2 aliphatic heterocycles. The molecular formula is C19H33BN4O3. The normalized spacial score (nSPS) is 25.0. The van der Waals surface area contributed by atoms with Gasteiger partial charge in [0.2, 0.25) is 5.95 Å². The molecule has 2 saturated heterocycles. The molecule has 0 radical (unpaired) electrons. The van der Waals surface area contributed by atoms with Crippen molar-refractivity contribution >= 4 is 18.5 Å². The van der Waals surface area contributed by atoms with Gasteiger partial charge in [-0.2, -0.15) is 0 Å². The van der Waals surface area contributed by atoms with E-state index in [0.29, 0.717) is 12.0 Å². The van der Waals surface area contributed by atoms with E-state index in [1.165, 1.54) is 12.8 Å². The third-order valence-electron chi connectivity index (χ3n) is 6.15. The first kappa shape index (κ1) is 20.5. The Morgan fingerprint density at radius 3 is 2.41 bits per heavy atom. The van der Waals surface area contributed by atoms with E-state index in [9.17, 15) is 5.11 Å². The molecular weight excluding hydrogens is 343 g/mol. The standard InChI is InChI=1S/C19H33BN4O3/c1-18(2)19(3,4)27-20(26-18)15-12-21-17(22-13-15)23(5)14-16-8-6-7-9-24(16)10-11-25/h12-13,16,25H,6-11,14H2,1-5H3/t16-/m1/s1. The molecule has 3 heterocycles. The summed E-state index contributed by atoms with van der Waals surface area (Å²) in [6, 6.07) is 0.433. The van der Waals surface area contributed by atoms with E-state index >= 15 is 0 Å². The van der Waals surface area contributed by atoms with Gasteiger partial charge in [-0.15, -0.1) is 0 Å². The Balaban J connectivity index is 1.63. The largest absolute Gasteiger partial charge is 0.498 e. The van der Waals surface area contributed by atoms with Crippen LogP contribution in [0.25, 0.3) is 0 Å². The fourth-order valence-corrected chi connectivity index (χ4v) is 3.72. The molecule has 1 atom stereocenters. The average Bonchev–Trinajstić information content (AvgIpc) is 2.84. The summed E-state index contributed by atoms with van der Waals surface area (Å²) in [5.41, 5.74) is 0.0968. The third-order valence-corrected chi connectivity index (χ3v) is 6.15. The van der Waals surface area contributed by atoms with Gasteiger partial charge in [0.15, 0.2) is 0 Å². The molecule has 0 bridgehead atoms. The topological polar surface area (TPSA) is 71.0 Å². The molecule has 7 nitrogen and oxygen atoms in total. The second-order valence-electron chi connectivity index (χ2n) is 8.69. The maximum atomic E-state index is 9.29. The molecule has 0 unspecified atom stereocenters. The van der Waals surface area contributed by atoms with Crippen molar-refractivity contribution in [1.29, 1.82) is 0 Å². The summed E-state index contributed by atoms with van der Waals surface area (Å²) in [5.74, 6) is 0.699. The zero-order valence-electron chi connectivity index (χ0n) is 17.3. The van der Waals surface area contributed by atoms with Gasteiger partial charge in [-0.25, -0.2) is 9.97 Å². The lowest BCUT2D eigenvalue weighted by atomic mass is 9.81. The molecule has 1 N–H and O–H groups in total. The molecule has 2 fully saturated rings. The van der Waals surface area contributed by atoms with Gasteiger partial charge in [0.25, 0.3) is 0 Å². The second-order valence-corrected chi connectivity index (χ2v) is 8.69. The molecule has 2 aliphatic rings. The van der Waals surface area contributed by atoms with Crippen LogP contribution in [0, 0.1) is 0 Å². The number of hydrogen-bond donors (Lipinski definition) is 1. The molecule has 150 valence electrons. The Kier molecular flexibility index (Phi) is 6.10. The van der Waals surface area contributed by atoms with Crippen LogP contribution in [0.5, 0.6) is 0 Å². The number of hydrogen-bond acceptors (Lipinski definition) is 7. The lowest BCUT2D eigenvalue weighted by Gasteiger charge is -2.37. The van der Waals surface area contributed by atoms with Crippen molar-refractivity contribution in [2.45, 2.75) is 64.2 Å². The molecule has 0 saturated carbocycles. The smallest absolute Gasteiger partial charge is 0.399 e. The van der Waals surface area contributed by atoms with Crippen molar-refractivity contribution in [1.82, 2.24) is 14.9 Å². The maximum absolute atomic E-state index is 9.29. The molecule has 0 amide bonds. The van der Waals surface area contributed by atoms with Crippen LogP contribution in [0.3, 0.4) is 0 Å². The highest BCUT2D eigenvalue weighted by molar-refractivity contribution is 6.61. The highest BCUT2D eigenvalue weighted by atomic mass is 16.7. The highest BCUT2D eigenvalue weighted by Gasteiger charge is 2.52. The van der Waals surface area contributed by atoms with Gasteiger partial charge in [-0.1, -0.05) is 6.42 Å². The number of aliphatic hydroxyl groups excluding tert-OH is 1. The van der Waals surface area contributed by atoms with E-state index in [-0.39, 0.29) is 17.8 Å². The Morgan fingerprint density at radius 2 is 1.81 bits per heavy atom. The molecule has 3 rings (SSSR count). The number of likely N-dealkylation sites (tertiary alicyclic amines) is 1. The van der Waals surface area contributed by atoms with Crippen LogP contribution in [0.4, 0.5) is 5.95 Å². The molecule has 8 heteroatoms. The number of aromatic nitrogens is 2. The first-order valence-electron chi connectivity index (χ1n) is 9.97. The number of aliphatic hydroxyl groups is 1. The van der Waals surface area contributed by atoms with Crippen LogP contribution in [-0.2, 0) is 9.31 Å². The summed E-state index contributed by atoms with van der Waals surface area (Å²) in [5, 5.41) is 9.29. The van der Waals surface area contributed by atoms with Crippen molar-refractivity contribution in [2.24, 2.45) is 0 Å². The molecule has 1 aromatic rings. The minimum atomic E-state index is -0.437.